The molecule has 0 aromatic heterocycles. The minimum atomic E-state index is -0.199. The van der Waals surface area contributed by atoms with Gasteiger partial charge in [0.2, 0.25) is 0 Å². The van der Waals surface area contributed by atoms with Crippen molar-refractivity contribution < 1.29 is 9.53 Å². The van der Waals surface area contributed by atoms with Crippen LogP contribution >= 0.6 is 24.0 Å². The Kier molecular flexibility index (Phi) is 8.22. The molecule has 0 radical (unpaired) electrons. The third-order valence-electron chi connectivity index (χ3n) is 6.31. The number of ether oxygens (including phenoxy) is 1. The first-order valence-corrected chi connectivity index (χ1v) is 10.9. The van der Waals surface area contributed by atoms with Crippen LogP contribution in [0, 0.1) is 5.92 Å². The molecule has 28 heavy (non-hydrogen) atoms. The maximum absolute atomic E-state index is 12.5. The van der Waals surface area contributed by atoms with Crippen molar-refractivity contribution in [3.63, 3.8) is 0 Å². The lowest BCUT2D eigenvalue weighted by Gasteiger charge is -2.37. The first-order valence-electron chi connectivity index (χ1n) is 10.9. The van der Waals surface area contributed by atoms with Crippen LogP contribution in [0.3, 0.4) is 0 Å². The van der Waals surface area contributed by atoms with Crippen molar-refractivity contribution in [3.8, 4) is 0 Å². The van der Waals surface area contributed by atoms with Gasteiger partial charge in [0.15, 0.2) is 5.96 Å². The van der Waals surface area contributed by atoms with Crippen LogP contribution in [0.1, 0.15) is 39.0 Å². The molecule has 2 unspecified atom stereocenters. The van der Waals surface area contributed by atoms with E-state index < -0.39 is 0 Å². The third kappa shape index (κ3) is 5.50. The van der Waals surface area contributed by atoms with E-state index in [1.807, 2.05) is 4.90 Å². The number of hydrogen-bond acceptors (Lipinski definition) is 4. The predicted octanol–water partition coefficient (Wildman–Crippen LogP) is 1.38. The van der Waals surface area contributed by atoms with E-state index in [1.54, 1.807) is 0 Å². The lowest BCUT2D eigenvalue weighted by molar-refractivity contribution is -0.142. The summed E-state index contributed by atoms with van der Waals surface area (Å²) in [6.45, 7) is 10.4. The van der Waals surface area contributed by atoms with Crippen LogP contribution in [0.2, 0.25) is 0 Å². The fourth-order valence-corrected chi connectivity index (χ4v) is 4.54. The van der Waals surface area contributed by atoms with Crippen molar-refractivity contribution in [1.29, 1.82) is 0 Å². The number of nitrogens with zero attached hydrogens (tertiary/aromatic N) is 4. The van der Waals surface area contributed by atoms with E-state index in [-0.39, 0.29) is 36.0 Å². The van der Waals surface area contributed by atoms with Gasteiger partial charge in [0.25, 0.3) is 5.91 Å². The number of carbonyl (C=O) groups excluding carboxylic acids is 1. The molecule has 0 aromatic rings. The van der Waals surface area contributed by atoms with E-state index in [1.165, 1.54) is 32.4 Å². The Hall–Kier alpha value is -0.610. The highest BCUT2D eigenvalue weighted by atomic mass is 127. The van der Waals surface area contributed by atoms with E-state index in [2.05, 4.69) is 22.0 Å². The zero-order chi connectivity index (χ0) is 18.6. The topological polar surface area (TPSA) is 60.4 Å². The summed E-state index contributed by atoms with van der Waals surface area (Å²) in [5.41, 5.74) is 0. The minimum absolute atomic E-state index is 0. The van der Waals surface area contributed by atoms with Crippen LogP contribution in [0.15, 0.2) is 4.99 Å². The summed E-state index contributed by atoms with van der Waals surface area (Å²) in [4.78, 5) is 24.4. The maximum Gasteiger partial charge on any atom is 0.251 e. The van der Waals surface area contributed by atoms with Gasteiger partial charge in [0.1, 0.15) is 6.10 Å². The molecule has 1 aliphatic carbocycles. The molecule has 0 aromatic carbocycles. The van der Waals surface area contributed by atoms with Crippen LogP contribution in [0.4, 0.5) is 0 Å². The molecule has 3 heterocycles. The van der Waals surface area contributed by atoms with Crippen LogP contribution < -0.4 is 5.32 Å². The van der Waals surface area contributed by atoms with Gasteiger partial charge in [-0.15, -0.1) is 24.0 Å². The van der Waals surface area contributed by atoms with E-state index in [0.29, 0.717) is 5.92 Å². The normalized spacial score (nSPS) is 29.1. The lowest BCUT2D eigenvalue weighted by atomic mass is 10.1. The number of guanidine groups is 1. The average molecular weight is 505 g/mol. The number of nitrogens with one attached hydrogen (secondary N) is 1. The first kappa shape index (κ1) is 22.1. The highest BCUT2D eigenvalue weighted by molar-refractivity contribution is 14.0. The monoisotopic (exact) mass is 505 g/mol. The summed E-state index contributed by atoms with van der Waals surface area (Å²) in [5, 5.41) is 3.46. The Morgan fingerprint density at radius 3 is 2.46 bits per heavy atom. The van der Waals surface area contributed by atoms with Crippen LogP contribution in [-0.2, 0) is 9.53 Å². The van der Waals surface area contributed by atoms with Crippen molar-refractivity contribution in [2.24, 2.45) is 10.9 Å². The summed E-state index contributed by atoms with van der Waals surface area (Å²) in [6.07, 6.45) is 5.76. The van der Waals surface area contributed by atoms with E-state index in [0.717, 1.165) is 70.7 Å². The van der Waals surface area contributed by atoms with Gasteiger partial charge in [-0.05, 0) is 51.5 Å². The summed E-state index contributed by atoms with van der Waals surface area (Å²) < 4.78 is 5.56. The third-order valence-corrected chi connectivity index (χ3v) is 6.31. The number of likely N-dealkylation sites (tertiary alicyclic amines) is 1. The van der Waals surface area contributed by atoms with Gasteiger partial charge in [-0.2, -0.15) is 0 Å². The molecule has 160 valence electrons. The molecule has 4 fully saturated rings. The second-order valence-electron chi connectivity index (χ2n) is 8.39. The summed E-state index contributed by atoms with van der Waals surface area (Å²) in [6, 6.07) is 0.877. The first-order chi connectivity index (χ1) is 13.2. The van der Waals surface area contributed by atoms with Crippen molar-refractivity contribution in [3.05, 3.63) is 0 Å². The second kappa shape index (κ2) is 10.4. The average Bonchev–Trinajstić information content (AvgIpc) is 3.20. The van der Waals surface area contributed by atoms with Crippen LogP contribution in [0.5, 0.6) is 0 Å². The molecule has 1 N–H and O–H groups in total. The largest absolute Gasteiger partial charge is 0.368 e. The molecule has 2 atom stereocenters. The number of amides is 1. The van der Waals surface area contributed by atoms with Gasteiger partial charge in [-0.1, -0.05) is 0 Å². The number of rotatable bonds is 5. The highest BCUT2D eigenvalue weighted by Gasteiger charge is 2.34. The zero-order valence-electron chi connectivity index (χ0n) is 17.1. The molecular weight excluding hydrogens is 469 g/mol. The highest BCUT2D eigenvalue weighted by Crippen LogP contribution is 2.31. The smallest absolute Gasteiger partial charge is 0.251 e. The number of halogens is 1. The predicted molar refractivity (Wildman–Crippen MR) is 121 cm³/mol. The Labute approximate surface area is 186 Å². The molecule has 7 nitrogen and oxygen atoms in total. The quantitative estimate of drug-likeness (QED) is 0.348. The second-order valence-corrected chi connectivity index (χ2v) is 8.39. The van der Waals surface area contributed by atoms with E-state index >= 15 is 0 Å². The fourth-order valence-electron chi connectivity index (χ4n) is 4.54. The molecule has 8 heteroatoms. The van der Waals surface area contributed by atoms with Gasteiger partial charge in [-0.3, -0.25) is 9.79 Å². The molecular formula is C20H36IN5O2. The fraction of sp³-hybridized carbons (Fsp3) is 0.900. The Bertz CT molecular complexity index is 543. The molecule has 3 aliphatic heterocycles. The minimum Gasteiger partial charge on any atom is -0.368 e. The molecule has 1 amide bonds. The van der Waals surface area contributed by atoms with Crippen molar-refractivity contribution in [2.75, 3.05) is 59.0 Å². The molecule has 0 bridgehead atoms. The Morgan fingerprint density at radius 2 is 1.82 bits per heavy atom. The van der Waals surface area contributed by atoms with E-state index in [4.69, 9.17) is 9.73 Å². The van der Waals surface area contributed by atoms with Crippen molar-refractivity contribution in [2.45, 2.75) is 51.2 Å². The summed E-state index contributed by atoms with van der Waals surface area (Å²) in [5.74, 6) is 1.90. The number of hydrogen-bond donors (Lipinski definition) is 1. The molecule has 4 aliphatic rings. The van der Waals surface area contributed by atoms with Gasteiger partial charge in [0, 0.05) is 58.5 Å². The van der Waals surface area contributed by atoms with Gasteiger partial charge in [0.05, 0.1) is 0 Å². The number of carbonyl (C=O) groups is 1. The van der Waals surface area contributed by atoms with E-state index in [9.17, 15) is 4.79 Å². The van der Waals surface area contributed by atoms with Gasteiger partial charge in [-0.25, -0.2) is 0 Å². The standard InChI is InChI=1S/C20H35N5O2.HI/c1-2-21-20(22-14-16-7-8-25(15-16)17-5-6-17)24-11-9-23(10-12-24)19(26)18-4-3-13-27-18;/h16-18H,2-15H2,1H3,(H,21,22);1H. The SMILES string of the molecule is CCNC(=NCC1CCN(C2CC2)C1)N1CCN(C(=O)C2CCCO2)CC1.I. The summed E-state index contributed by atoms with van der Waals surface area (Å²) >= 11 is 0. The van der Waals surface area contributed by atoms with Crippen molar-refractivity contribution >= 4 is 35.8 Å². The zero-order valence-corrected chi connectivity index (χ0v) is 19.5. The van der Waals surface area contributed by atoms with Crippen molar-refractivity contribution in [1.82, 2.24) is 20.0 Å². The maximum atomic E-state index is 12.5. The van der Waals surface area contributed by atoms with Gasteiger partial charge >= 0.3 is 0 Å². The lowest BCUT2D eigenvalue weighted by Crippen LogP contribution is -2.55. The molecule has 0 spiro atoms. The number of aliphatic imine (C=N–C) groups is 1. The Morgan fingerprint density at radius 1 is 1.07 bits per heavy atom. The van der Waals surface area contributed by atoms with Crippen LogP contribution in [0.25, 0.3) is 0 Å². The van der Waals surface area contributed by atoms with Gasteiger partial charge < -0.3 is 24.8 Å². The molecule has 4 rings (SSSR count). The number of piperazine rings is 1. The molecule has 3 saturated heterocycles. The summed E-state index contributed by atoms with van der Waals surface area (Å²) in [7, 11) is 0. The molecule has 1 saturated carbocycles. The Balaban J connectivity index is 0.00000225. The van der Waals surface area contributed by atoms with Crippen LogP contribution in [-0.4, -0.2) is 97.7 Å².